The Morgan fingerprint density at radius 1 is 0.593 bits per heavy atom. The van der Waals surface area contributed by atoms with Gasteiger partial charge in [-0.15, -0.1) is 0 Å². The van der Waals surface area contributed by atoms with Crippen LogP contribution < -0.4 is 13.9 Å². The molecule has 6 aromatic carbocycles. The monoisotopic (exact) mass is 772 g/mol. The summed E-state index contributed by atoms with van der Waals surface area (Å²) in [6.45, 7) is 21.8. The van der Waals surface area contributed by atoms with Crippen LogP contribution in [0.1, 0.15) is 63.8 Å². The molecule has 2 atom stereocenters. The van der Waals surface area contributed by atoms with E-state index in [1.54, 1.807) is 0 Å². The van der Waals surface area contributed by atoms with Gasteiger partial charge in [0.15, 0.2) is 18.0 Å². The molecule has 0 amide bonds. The predicted octanol–water partition coefficient (Wildman–Crippen LogP) is 14.2. The maximum atomic E-state index is 5.04. The van der Waals surface area contributed by atoms with Crippen LogP contribution in [-0.4, -0.2) is 23.3 Å². The molecule has 0 unspecified atom stereocenters. The first-order valence-electron chi connectivity index (χ1n) is 21.0. The first-order valence-corrected chi connectivity index (χ1v) is 21.0. The summed E-state index contributed by atoms with van der Waals surface area (Å²) < 4.78 is 3.85. The quantitative estimate of drug-likeness (QED) is 0.124. The van der Waals surface area contributed by atoms with Gasteiger partial charge in [0.05, 0.1) is 17.7 Å². The number of para-hydroxylation sites is 2. The van der Waals surface area contributed by atoms with Crippen molar-refractivity contribution in [1.29, 1.82) is 0 Å². The summed E-state index contributed by atoms with van der Waals surface area (Å²) in [6, 6.07) is 52.1. The Labute approximate surface area is 349 Å². The SMILES string of the molecule is Cc1cc2c(cc1C)[N@+]1(c3cc(N(C)c4cc(-c5ccccc5)c5c6ccccc6n(-c6cc(C(C)(C)C)ccn6)c5c4)cc(C(C)(C)C)c3)[CH-][N@@+]2(c2ccccc2)C1. The van der Waals surface area contributed by atoms with Gasteiger partial charge in [-0.25, -0.2) is 4.98 Å². The lowest BCUT2D eigenvalue weighted by Gasteiger charge is -2.56. The number of benzene rings is 6. The first-order chi connectivity index (χ1) is 28.2. The van der Waals surface area contributed by atoms with Crippen LogP contribution in [-0.2, 0) is 10.8 Å². The maximum Gasteiger partial charge on any atom is 0.186 e. The average molecular weight is 773 g/mol. The number of quaternary nitrogens is 2. The van der Waals surface area contributed by atoms with Crippen molar-refractivity contribution in [3.8, 4) is 16.9 Å². The van der Waals surface area contributed by atoms with Gasteiger partial charge in [-0.1, -0.05) is 108 Å². The van der Waals surface area contributed by atoms with Gasteiger partial charge in [0, 0.05) is 59.7 Å². The van der Waals surface area contributed by atoms with Crippen LogP contribution in [0.3, 0.4) is 0 Å². The molecule has 11 rings (SSSR count). The van der Waals surface area contributed by atoms with Crippen molar-refractivity contribution >= 4 is 55.9 Å². The van der Waals surface area contributed by atoms with E-state index in [0.717, 1.165) is 33.7 Å². The highest BCUT2D eigenvalue weighted by atomic mass is 15.7. The van der Waals surface area contributed by atoms with E-state index in [2.05, 4.69) is 218 Å². The number of hydrogen-bond acceptors (Lipinski definition) is 2. The molecule has 5 heteroatoms. The van der Waals surface area contributed by atoms with Crippen LogP contribution in [0.5, 0.6) is 0 Å². The minimum Gasteiger partial charge on any atom is -0.344 e. The van der Waals surface area contributed by atoms with Crippen LogP contribution in [0.4, 0.5) is 34.1 Å². The molecule has 3 aliphatic rings. The summed E-state index contributed by atoms with van der Waals surface area (Å²) in [6.07, 6.45) is 1.97. The molecule has 1 saturated heterocycles. The fourth-order valence-electron chi connectivity index (χ4n) is 9.61. The van der Waals surface area contributed by atoms with Gasteiger partial charge < -0.3 is 4.90 Å². The molecule has 8 aromatic rings. The average Bonchev–Trinajstić information content (AvgIpc) is 3.80. The summed E-state index contributed by atoms with van der Waals surface area (Å²) in [5.74, 6) is 0.932. The summed E-state index contributed by atoms with van der Waals surface area (Å²) in [5, 5.41) is 2.46. The van der Waals surface area contributed by atoms with Crippen LogP contribution in [0, 0.1) is 20.5 Å². The molecule has 5 heterocycles. The zero-order chi connectivity index (χ0) is 41.1. The fraction of sp³-hybridized carbons (Fsp3) is 0.222. The number of anilines is 2. The molecule has 294 valence electrons. The fourth-order valence-corrected chi connectivity index (χ4v) is 9.61. The highest BCUT2D eigenvalue weighted by molar-refractivity contribution is 6.17. The number of pyridine rings is 1. The van der Waals surface area contributed by atoms with Gasteiger partial charge in [-0.2, -0.15) is 0 Å². The van der Waals surface area contributed by atoms with Crippen LogP contribution in [0.2, 0.25) is 0 Å². The van der Waals surface area contributed by atoms with Crippen molar-refractivity contribution in [2.75, 3.05) is 18.6 Å². The largest absolute Gasteiger partial charge is 0.344 e. The molecular formula is C54H54N5+. The summed E-state index contributed by atoms with van der Waals surface area (Å²) >= 11 is 0. The van der Waals surface area contributed by atoms with Gasteiger partial charge >= 0.3 is 0 Å². The lowest BCUT2D eigenvalue weighted by Crippen LogP contribution is -2.67. The lowest BCUT2D eigenvalue weighted by molar-refractivity contribution is 0.187. The summed E-state index contributed by atoms with van der Waals surface area (Å²) in [7, 11) is 2.24. The highest BCUT2D eigenvalue weighted by Gasteiger charge is 2.63. The third kappa shape index (κ3) is 5.70. The second-order valence-electron chi connectivity index (χ2n) is 19.1. The van der Waals surface area contributed by atoms with Gasteiger partial charge in [0.1, 0.15) is 17.2 Å². The normalized spacial score (nSPS) is 18.6. The van der Waals surface area contributed by atoms with E-state index >= 15 is 0 Å². The Morgan fingerprint density at radius 2 is 1.19 bits per heavy atom. The van der Waals surface area contributed by atoms with Gasteiger partial charge in [0.2, 0.25) is 0 Å². The van der Waals surface area contributed by atoms with E-state index in [0.29, 0.717) is 4.48 Å². The van der Waals surface area contributed by atoms with Crippen molar-refractivity contribution in [2.24, 2.45) is 0 Å². The Morgan fingerprint density at radius 3 is 1.85 bits per heavy atom. The Kier molecular flexibility index (Phi) is 8.21. The second kappa shape index (κ2) is 13.0. The molecule has 0 radical (unpaired) electrons. The third-order valence-electron chi connectivity index (χ3n) is 13.2. The van der Waals surface area contributed by atoms with E-state index in [4.69, 9.17) is 4.98 Å². The van der Waals surface area contributed by atoms with Crippen molar-refractivity contribution in [3.05, 3.63) is 175 Å². The molecule has 0 aliphatic carbocycles. The molecule has 2 bridgehead atoms. The highest BCUT2D eigenvalue weighted by Crippen LogP contribution is 2.66. The van der Waals surface area contributed by atoms with Gasteiger partial charge in [0.25, 0.3) is 0 Å². The van der Waals surface area contributed by atoms with Crippen molar-refractivity contribution in [1.82, 2.24) is 18.5 Å². The Balaban J connectivity index is 1.20. The second-order valence-corrected chi connectivity index (χ2v) is 19.1. The summed E-state index contributed by atoms with van der Waals surface area (Å²) in [4.78, 5) is 7.44. The Hall–Kier alpha value is -6.01. The van der Waals surface area contributed by atoms with Crippen molar-refractivity contribution in [2.45, 2.75) is 66.2 Å². The first kappa shape index (κ1) is 37.3. The number of hydrogen-bond donors (Lipinski definition) is 0. The van der Waals surface area contributed by atoms with Crippen LogP contribution >= 0.6 is 0 Å². The smallest absolute Gasteiger partial charge is 0.186 e. The van der Waals surface area contributed by atoms with Crippen molar-refractivity contribution in [3.63, 3.8) is 0 Å². The van der Waals surface area contributed by atoms with E-state index in [1.807, 2.05) is 6.20 Å². The van der Waals surface area contributed by atoms with Gasteiger partial charge in [-0.3, -0.25) is 13.5 Å². The van der Waals surface area contributed by atoms with E-state index in [1.165, 1.54) is 72.6 Å². The molecule has 0 saturated carbocycles. The number of aromatic nitrogens is 2. The number of aryl methyl sites for hydroxylation is 2. The lowest BCUT2D eigenvalue weighted by atomic mass is 9.86. The molecule has 5 nitrogen and oxygen atoms in total. The predicted molar refractivity (Wildman–Crippen MR) is 250 cm³/mol. The van der Waals surface area contributed by atoms with E-state index < -0.39 is 0 Å². The van der Waals surface area contributed by atoms with Crippen LogP contribution in [0.15, 0.2) is 146 Å². The Bertz CT molecular complexity index is 2940. The molecule has 2 aromatic heterocycles. The number of fused-ring (bicyclic) bond motifs is 3. The van der Waals surface area contributed by atoms with Crippen molar-refractivity contribution < 1.29 is 0 Å². The molecule has 1 fully saturated rings. The zero-order valence-electron chi connectivity index (χ0n) is 35.9. The maximum absolute atomic E-state index is 5.04. The standard InChI is InChI=1S/C54H54N5/c1-36-26-49-50(27-37(36)2)59(34-58(49,35-59)43-20-14-11-15-21-43)44-29-40(54(6,7)8)28-41(31-44)56(9)42-32-46(38-18-12-10-13-19-38)52-45-22-16-17-23-47(45)57(48(52)33-42)51-30-39(24-25-55-51)53(3,4)5/h10-34H,35H2,1-9H3/q+1/t58-,59+/m0/s1. The number of nitrogens with zero attached hydrogens (tertiary/aromatic N) is 5. The van der Waals surface area contributed by atoms with Crippen LogP contribution in [0.25, 0.3) is 38.8 Å². The molecule has 0 spiro atoms. The third-order valence-corrected chi connectivity index (χ3v) is 13.2. The minimum absolute atomic E-state index is 0.0142. The zero-order valence-corrected chi connectivity index (χ0v) is 35.9. The minimum atomic E-state index is -0.0682. The molecule has 0 N–H and O–H groups in total. The van der Waals surface area contributed by atoms with E-state index in [-0.39, 0.29) is 10.8 Å². The molecular weight excluding hydrogens is 719 g/mol. The topological polar surface area (TPSA) is 21.1 Å². The number of rotatable bonds is 6. The molecule has 59 heavy (non-hydrogen) atoms. The van der Waals surface area contributed by atoms with Gasteiger partial charge in [-0.05, 0) is 107 Å². The molecule has 3 aliphatic heterocycles. The summed E-state index contributed by atoms with van der Waals surface area (Å²) in [5.41, 5.74) is 17.5. The van der Waals surface area contributed by atoms with E-state index in [9.17, 15) is 0 Å².